The summed E-state index contributed by atoms with van der Waals surface area (Å²) in [4.78, 5) is 11.1. The molecule has 0 aliphatic heterocycles. The van der Waals surface area contributed by atoms with Crippen LogP contribution in [0.4, 0.5) is 0 Å². The maximum atomic E-state index is 11.1. The normalized spacial score (nSPS) is 11.2. The standard InChI is InChI=1S/C13H18ClNO/c1-10-4-6-11(7-5-10)13(2,3)9-15-12(16)8-14/h4-7H,8-9H2,1-3H3,(H,15,16). The highest BCUT2D eigenvalue weighted by Crippen LogP contribution is 2.22. The van der Waals surface area contributed by atoms with E-state index in [1.165, 1.54) is 11.1 Å². The molecule has 0 aliphatic carbocycles. The second-order valence-electron chi connectivity index (χ2n) is 4.66. The van der Waals surface area contributed by atoms with Gasteiger partial charge in [0.1, 0.15) is 5.88 Å². The lowest BCUT2D eigenvalue weighted by molar-refractivity contribution is -0.118. The molecule has 0 saturated carbocycles. The van der Waals surface area contributed by atoms with Crippen LogP contribution >= 0.6 is 11.6 Å². The van der Waals surface area contributed by atoms with E-state index in [2.05, 4.69) is 50.4 Å². The lowest BCUT2D eigenvalue weighted by Crippen LogP contribution is -2.37. The fourth-order valence-corrected chi connectivity index (χ4v) is 1.57. The molecule has 0 spiro atoms. The number of nitrogens with one attached hydrogen (secondary N) is 1. The highest BCUT2D eigenvalue weighted by molar-refractivity contribution is 6.27. The maximum absolute atomic E-state index is 11.1. The van der Waals surface area contributed by atoms with Gasteiger partial charge in [0.15, 0.2) is 0 Å². The fourth-order valence-electron chi connectivity index (χ4n) is 1.47. The van der Waals surface area contributed by atoms with Gasteiger partial charge in [0, 0.05) is 12.0 Å². The molecular formula is C13H18ClNO. The Labute approximate surface area is 102 Å². The van der Waals surface area contributed by atoms with E-state index >= 15 is 0 Å². The number of rotatable bonds is 4. The van der Waals surface area contributed by atoms with Crippen molar-refractivity contribution in [2.75, 3.05) is 12.4 Å². The molecule has 2 nitrogen and oxygen atoms in total. The summed E-state index contributed by atoms with van der Waals surface area (Å²) in [5, 5.41) is 2.81. The van der Waals surface area contributed by atoms with Crippen molar-refractivity contribution in [1.82, 2.24) is 5.32 Å². The number of benzene rings is 1. The molecule has 1 aromatic carbocycles. The van der Waals surface area contributed by atoms with Gasteiger partial charge < -0.3 is 5.32 Å². The zero-order valence-electron chi connectivity index (χ0n) is 10.0. The second kappa shape index (κ2) is 5.35. The van der Waals surface area contributed by atoms with Crippen LogP contribution in [0, 0.1) is 6.92 Å². The molecule has 1 amide bonds. The van der Waals surface area contributed by atoms with Gasteiger partial charge in [-0.25, -0.2) is 0 Å². The van der Waals surface area contributed by atoms with Gasteiger partial charge in [-0.3, -0.25) is 4.79 Å². The Kier molecular flexibility index (Phi) is 4.36. The first-order chi connectivity index (χ1) is 7.45. The number of hydrogen-bond donors (Lipinski definition) is 1. The van der Waals surface area contributed by atoms with E-state index in [1.54, 1.807) is 0 Å². The summed E-state index contributed by atoms with van der Waals surface area (Å²) < 4.78 is 0. The van der Waals surface area contributed by atoms with Crippen LogP contribution in [0.5, 0.6) is 0 Å². The van der Waals surface area contributed by atoms with Gasteiger partial charge in [0.25, 0.3) is 0 Å². The number of carbonyl (C=O) groups excluding carboxylic acids is 1. The van der Waals surface area contributed by atoms with Gasteiger partial charge in [-0.2, -0.15) is 0 Å². The van der Waals surface area contributed by atoms with Crippen LogP contribution in [0.1, 0.15) is 25.0 Å². The highest BCUT2D eigenvalue weighted by Gasteiger charge is 2.20. The Morgan fingerprint density at radius 1 is 1.31 bits per heavy atom. The second-order valence-corrected chi connectivity index (χ2v) is 4.93. The SMILES string of the molecule is Cc1ccc(C(C)(C)CNC(=O)CCl)cc1. The summed E-state index contributed by atoms with van der Waals surface area (Å²) in [6, 6.07) is 8.37. The van der Waals surface area contributed by atoms with Gasteiger partial charge in [-0.05, 0) is 12.5 Å². The van der Waals surface area contributed by atoms with Crippen molar-refractivity contribution in [3.63, 3.8) is 0 Å². The Bertz CT molecular complexity index is 357. The third kappa shape index (κ3) is 3.53. The molecule has 0 heterocycles. The van der Waals surface area contributed by atoms with Crippen LogP contribution in [0.3, 0.4) is 0 Å². The van der Waals surface area contributed by atoms with E-state index < -0.39 is 0 Å². The van der Waals surface area contributed by atoms with Gasteiger partial charge in [-0.1, -0.05) is 43.7 Å². The van der Waals surface area contributed by atoms with E-state index in [1.807, 2.05) is 0 Å². The summed E-state index contributed by atoms with van der Waals surface area (Å²) >= 11 is 5.44. The van der Waals surface area contributed by atoms with Crippen molar-refractivity contribution in [3.05, 3.63) is 35.4 Å². The minimum Gasteiger partial charge on any atom is -0.354 e. The van der Waals surface area contributed by atoms with E-state index in [-0.39, 0.29) is 17.2 Å². The van der Waals surface area contributed by atoms with Crippen LogP contribution in [0.2, 0.25) is 0 Å². The minimum atomic E-state index is -0.123. The molecule has 1 N–H and O–H groups in total. The molecule has 0 aliphatic rings. The zero-order chi connectivity index (χ0) is 12.2. The molecule has 0 fully saturated rings. The molecule has 3 heteroatoms. The Morgan fingerprint density at radius 2 is 1.88 bits per heavy atom. The number of aryl methyl sites for hydroxylation is 1. The summed E-state index contributed by atoms with van der Waals surface area (Å²) in [6.45, 7) is 6.87. The zero-order valence-corrected chi connectivity index (χ0v) is 10.8. The molecule has 0 bridgehead atoms. The largest absolute Gasteiger partial charge is 0.354 e. The Hall–Kier alpha value is -1.02. The van der Waals surface area contributed by atoms with Crippen molar-refractivity contribution in [2.45, 2.75) is 26.2 Å². The number of halogens is 1. The summed E-state index contributed by atoms with van der Waals surface area (Å²) in [6.07, 6.45) is 0. The van der Waals surface area contributed by atoms with Crippen LogP contribution in [-0.2, 0) is 10.2 Å². The van der Waals surface area contributed by atoms with Crippen molar-refractivity contribution < 1.29 is 4.79 Å². The first kappa shape index (κ1) is 13.0. The van der Waals surface area contributed by atoms with Crippen LogP contribution in [0.15, 0.2) is 24.3 Å². The molecule has 16 heavy (non-hydrogen) atoms. The Morgan fingerprint density at radius 3 is 2.38 bits per heavy atom. The molecule has 1 aromatic rings. The lowest BCUT2D eigenvalue weighted by Gasteiger charge is -2.25. The van der Waals surface area contributed by atoms with Gasteiger partial charge >= 0.3 is 0 Å². The molecule has 0 aromatic heterocycles. The van der Waals surface area contributed by atoms with E-state index in [0.29, 0.717) is 6.54 Å². The lowest BCUT2D eigenvalue weighted by atomic mass is 9.84. The third-order valence-electron chi connectivity index (χ3n) is 2.68. The first-order valence-electron chi connectivity index (χ1n) is 5.35. The predicted octanol–water partition coefficient (Wildman–Crippen LogP) is 2.63. The van der Waals surface area contributed by atoms with Crippen molar-refractivity contribution in [1.29, 1.82) is 0 Å². The molecule has 88 valence electrons. The summed E-state index contributed by atoms with van der Waals surface area (Å²) in [7, 11) is 0. The van der Waals surface area contributed by atoms with Crippen molar-refractivity contribution in [3.8, 4) is 0 Å². The van der Waals surface area contributed by atoms with Crippen molar-refractivity contribution in [2.24, 2.45) is 0 Å². The predicted molar refractivity (Wildman–Crippen MR) is 67.9 cm³/mol. The average Bonchev–Trinajstić information content (AvgIpc) is 2.26. The summed E-state index contributed by atoms with van der Waals surface area (Å²) in [5.74, 6) is -0.105. The van der Waals surface area contributed by atoms with Crippen LogP contribution in [0.25, 0.3) is 0 Å². The molecular weight excluding hydrogens is 222 g/mol. The monoisotopic (exact) mass is 239 g/mol. The minimum absolute atomic E-state index is 0.0178. The number of alkyl halides is 1. The first-order valence-corrected chi connectivity index (χ1v) is 5.89. The average molecular weight is 240 g/mol. The maximum Gasteiger partial charge on any atom is 0.234 e. The van der Waals surface area contributed by atoms with E-state index in [9.17, 15) is 4.79 Å². The molecule has 0 radical (unpaired) electrons. The molecule has 0 saturated heterocycles. The number of hydrogen-bond acceptors (Lipinski definition) is 1. The number of amides is 1. The van der Waals surface area contributed by atoms with Gasteiger partial charge in [-0.15, -0.1) is 11.6 Å². The highest BCUT2D eigenvalue weighted by atomic mass is 35.5. The van der Waals surface area contributed by atoms with Crippen LogP contribution < -0.4 is 5.32 Å². The Balaban J connectivity index is 2.69. The van der Waals surface area contributed by atoms with Crippen molar-refractivity contribution >= 4 is 17.5 Å². The third-order valence-corrected chi connectivity index (χ3v) is 2.92. The van der Waals surface area contributed by atoms with Gasteiger partial charge in [0.2, 0.25) is 5.91 Å². The number of carbonyl (C=O) groups is 1. The van der Waals surface area contributed by atoms with E-state index in [4.69, 9.17) is 11.6 Å². The topological polar surface area (TPSA) is 29.1 Å². The summed E-state index contributed by atoms with van der Waals surface area (Å²) in [5.41, 5.74) is 2.38. The molecule has 1 rings (SSSR count). The smallest absolute Gasteiger partial charge is 0.234 e. The molecule has 0 unspecified atom stereocenters. The van der Waals surface area contributed by atoms with E-state index in [0.717, 1.165) is 0 Å². The quantitative estimate of drug-likeness (QED) is 0.805. The van der Waals surface area contributed by atoms with Gasteiger partial charge in [0.05, 0.1) is 0 Å². The van der Waals surface area contributed by atoms with Crippen LogP contribution in [-0.4, -0.2) is 18.3 Å². The molecule has 0 atom stereocenters. The fraction of sp³-hybridized carbons (Fsp3) is 0.462.